The standard InChI is InChI=1S/C11H22N2O5/c1-7(2)13-11(18)12-4-3-8(14)5-9(15)6-10(16)17/h7-9,14-15H,3-6H2,1-2H3,(H,16,17)(H2,12,13,18)/t8-,9-/m1/s1. The van der Waals surface area contributed by atoms with E-state index in [9.17, 15) is 19.8 Å². The molecule has 0 aromatic heterocycles. The van der Waals surface area contributed by atoms with Crippen LogP contribution in [-0.2, 0) is 4.79 Å². The van der Waals surface area contributed by atoms with Gasteiger partial charge in [-0.15, -0.1) is 0 Å². The Morgan fingerprint density at radius 2 is 1.78 bits per heavy atom. The van der Waals surface area contributed by atoms with Crippen molar-refractivity contribution in [1.82, 2.24) is 10.6 Å². The Labute approximate surface area is 106 Å². The van der Waals surface area contributed by atoms with Gasteiger partial charge >= 0.3 is 12.0 Å². The number of carboxylic acids is 1. The minimum atomic E-state index is -1.11. The summed E-state index contributed by atoms with van der Waals surface area (Å²) < 4.78 is 0. The van der Waals surface area contributed by atoms with Gasteiger partial charge in [0.1, 0.15) is 0 Å². The van der Waals surface area contributed by atoms with Gasteiger partial charge in [0.2, 0.25) is 0 Å². The first-order chi connectivity index (χ1) is 8.31. The summed E-state index contributed by atoms with van der Waals surface area (Å²) in [5.74, 6) is -1.11. The van der Waals surface area contributed by atoms with Crippen LogP contribution < -0.4 is 10.6 Å². The quantitative estimate of drug-likeness (QED) is 0.410. The number of hydrogen-bond acceptors (Lipinski definition) is 4. The molecule has 0 aliphatic carbocycles. The summed E-state index contributed by atoms with van der Waals surface area (Å²) in [6.07, 6.45) is -2.04. The fourth-order valence-electron chi connectivity index (χ4n) is 1.38. The zero-order valence-corrected chi connectivity index (χ0v) is 10.7. The van der Waals surface area contributed by atoms with E-state index in [0.29, 0.717) is 0 Å². The van der Waals surface area contributed by atoms with Gasteiger partial charge in [-0.1, -0.05) is 0 Å². The van der Waals surface area contributed by atoms with Crippen molar-refractivity contribution in [2.45, 2.75) is 51.4 Å². The van der Waals surface area contributed by atoms with Crippen LogP contribution in [0.15, 0.2) is 0 Å². The second-order valence-corrected chi connectivity index (χ2v) is 4.48. The normalized spacial score (nSPS) is 14.1. The maximum Gasteiger partial charge on any atom is 0.314 e. The molecule has 0 aromatic rings. The molecule has 2 amide bonds. The van der Waals surface area contributed by atoms with Gasteiger partial charge in [0.25, 0.3) is 0 Å². The number of hydrogen-bond donors (Lipinski definition) is 5. The van der Waals surface area contributed by atoms with Gasteiger partial charge in [-0.3, -0.25) is 4.79 Å². The fraction of sp³-hybridized carbons (Fsp3) is 0.818. The number of urea groups is 1. The van der Waals surface area contributed by atoms with Crippen LogP contribution >= 0.6 is 0 Å². The van der Waals surface area contributed by atoms with E-state index in [0.717, 1.165) is 0 Å². The fourth-order valence-corrected chi connectivity index (χ4v) is 1.38. The molecule has 7 nitrogen and oxygen atoms in total. The molecule has 0 heterocycles. The molecule has 18 heavy (non-hydrogen) atoms. The Bertz CT molecular complexity index is 270. The monoisotopic (exact) mass is 262 g/mol. The van der Waals surface area contributed by atoms with E-state index in [1.54, 1.807) is 0 Å². The number of carboxylic acid groups (broad SMARTS) is 1. The molecule has 0 saturated heterocycles. The van der Waals surface area contributed by atoms with Gasteiger partial charge in [-0.2, -0.15) is 0 Å². The Balaban J connectivity index is 3.67. The predicted octanol–water partition coefficient (Wildman–Crippen LogP) is -0.329. The van der Waals surface area contributed by atoms with Crippen LogP contribution in [0.2, 0.25) is 0 Å². The van der Waals surface area contributed by atoms with E-state index in [4.69, 9.17) is 5.11 Å². The highest BCUT2D eigenvalue weighted by molar-refractivity contribution is 5.74. The van der Waals surface area contributed by atoms with Crippen molar-refractivity contribution in [3.63, 3.8) is 0 Å². The number of aliphatic hydroxyl groups is 2. The van der Waals surface area contributed by atoms with Crippen LogP contribution in [0.25, 0.3) is 0 Å². The smallest absolute Gasteiger partial charge is 0.314 e. The van der Waals surface area contributed by atoms with Gasteiger partial charge < -0.3 is 26.0 Å². The van der Waals surface area contributed by atoms with Crippen molar-refractivity contribution >= 4 is 12.0 Å². The van der Waals surface area contributed by atoms with E-state index in [-0.39, 0.29) is 31.5 Å². The lowest BCUT2D eigenvalue weighted by molar-refractivity contribution is -0.139. The van der Waals surface area contributed by atoms with Gasteiger partial charge in [0.05, 0.1) is 18.6 Å². The van der Waals surface area contributed by atoms with Crippen LogP contribution in [0.3, 0.4) is 0 Å². The Kier molecular flexibility index (Phi) is 8.06. The molecule has 0 aromatic carbocycles. The number of rotatable bonds is 8. The second-order valence-electron chi connectivity index (χ2n) is 4.48. The van der Waals surface area contributed by atoms with Crippen molar-refractivity contribution in [3.05, 3.63) is 0 Å². The molecule has 0 saturated carbocycles. The summed E-state index contributed by atoms with van der Waals surface area (Å²) in [6.45, 7) is 3.92. The molecule has 0 bridgehead atoms. The molecule has 0 unspecified atom stereocenters. The molecule has 0 radical (unpaired) electrons. The van der Waals surface area contributed by atoms with Crippen LogP contribution in [0.5, 0.6) is 0 Å². The van der Waals surface area contributed by atoms with Gasteiger partial charge in [0, 0.05) is 12.6 Å². The average Bonchev–Trinajstić information content (AvgIpc) is 2.13. The molecule has 0 aliphatic heterocycles. The SMILES string of the molecule is CC(C)NC(=O)NCC[C@@H](O)C[C@@H](O)CC(=O)O. The summed E-state index contributed by atoms with van der Waals surface area (Å²) in [4.78, 5) is 21.5. The summed E-state index contributed by atoms with van der Waals surface area (Å²) in [5.41, 5.74) is 0. The summed E-state index contributed by atoms with van der Waals surface area (Å²) in [5, 5.41) is 32.4. The topological polar surface area (TPSA) is 119 Å². The maximum absolute atomic E-state index is 11.2. The van der Waals surface area contributed by atoms with Crippen LogP contribution in [0, 0.1) is 0 Å². The maximum atomic E-state index is 11.2. The summed E-state index contributed by atoms with van der Waals surface area (Å²) in [6, 6.07) is -0.282. The summed E-state index contributed by atoms with van der Waals surface area (Å²) >= 11 is 0. The van der Waals surface area contributed by atoms with Crippen LogP contribution in [0.4, 0.5) is 4.79 Å². The second kappa shape index (κ2) is 8.71. The molecule has 0 aliphatic rings. The van der Waals surface area contributed by atoms with Crippen molar-refractivity contribution in [2.24, 2.45) is 0 Å². The molecular formula is C11H22N2O5. The molecule has 106 valence electrons. The minimum absolute atomic E-state index is 0.0141. The Hall–Kier alpha value is -1.34. The number of amides is 2. The predicted molar refractivity (Wildman–Crippen MR) is 65.2 cm³/mol. The van der Waals surface area contributed by atoms with E-state index in [2.05, 4.69) is 10.6 Å². The number of nitrogens with one attached hydrogen (secondary N) is 2. The third-order valence-electron chi connectivity index (χ3n) is 2.14. The van der Waals surface area contributed by atoms with E-state index >= 15 is 0 Å². The first kappa shape index (κ1) is 16.7. The highest BCUT2D eigenvalue weighted by atomic mass is 16.4. The summed E-state index contributed by atoms with van der Waals surface area (Å²) in [7, 11) is 0. The Morgan fingerprint density at radius 3 is 2.28 bits per heavy atom. The third kappa shape index (κ3) is 9.86. The molecule has 7 heteroatoms. The molecule has 0 rings (SSSR count). The van der Waals surface area contributed by atoms with Crippen molar-refractivity contribution in [1.29, 1.82) is 0 Å². The number of carbonyl (C=O) groups excluding carboxylic acids is 1. The van der Waals surface area contributed by atoms with Gasteiger partial charge in [-0.05, 0) is 26.7 Å². The van der Waals surface area contributed by atoms with Gasteiger partial charge in [-0.25, -0.2) is 4.79 Å². The van der Waals surface area contributed by atoms with Crippen LogP contribution in [0.1, 0.15) is 33.1 Å². The van der Waals surface area contributed by atoms with Gasteiger partial charge in [0.15, 0.2) is 0 Å². The minimum Gasteiger partial charge on any atom is -0.481 e. The lowest BCUT2D eigenvalue weighted by atomic mass is 10.1. The van der Waals surface area contributed by atoms with Crippen molar-refractivity contribution in [3.8, 4) is 0 Å². The first-order valence-electron chi connectivity index (χ1n) is 5.93. The number of aliphatic hydroxyl groups excluding tert-OH is 2. The third-order valence-corrected chi connectivity index (χ3v) is 2.14. The zero-order valence-electron chi connectivity index (χ0n) is 10.7. The number of carbonyl (C=O) groups is 2. The first-order valence-corrected chi connectivity index (χ1v) is 5.93. The zero-order chi connectivity index (χ0) is 14.1. The Morgan fingerprint density at radius 1 is 1.17 bits per heavy atom. The molecule has 2 atom stereocenters. The van der Waals surface area contributed by atoms with Crippen molar-refractivity contribution < 1.29 is 24.9 Å². The lowest BCUT2D eigenvalue weighted by Gasteiger charge is -2.15. The van der Waals surface area contributed by atoms with E-state index < -0.39 is 24.6 Å². The van der Waals surface area contributed by atoms with Crippen LogP contribution in [-0.4, -0.2) is 52.1 Å². The molecule has 5 N–H and O–H groups in total. The highest BCUT2D eigenvalue weighted by Gasteiger charge is 2.15. The van der Waals surface area contributed by atoms with E-state index in [1.165, 1.54) is 0 Å². The lowest BCUT2D eigenvalue weighted by Crippen LogP contribution is -2.40. The molecule has 0 spiro atoms. The molecular weight excluding hydrogens is 240 g/mol. The van der Waals surface area contributed by atoms with E-state index in [1.807, 2.05) is 13.8 Å². The van der Waals surface area contributed by atoms with Crippen molar-refractivity contribution in [2.75, 3.05) is 6.54 Å². The number of aliphatic carboxylic acids is 1. The highest BCUT2D eigenvalue weighted by Crippen LogP contribution is 2.05. The molecule has 0 fully saturated rings. The largest absolute Gasteiger partial charge is 0.481 e. The average molecular weight is 262 g/mol.